The van der Waals surface area contributed by atoms with Crippen molar-refractivity contribution in [2.75, 3.05) is 18.8 Å². The molecule has 0 unspecified atom stereocenters. The summed E-state index contributed by atoms with van der Waals surface area (Å²) in [6.07, 6.45) is 6.66. The van der Waals surface area contributed by atoms with Crippen LogP contribution in [0, 0.1) is 12.8 Å². The molecule has 1 saturated heterocycles. The van der Waals surface area contributed by atoms with Crippen LogP contribution in [0.4, 0.5) is 5.82 Å². The van der Waals surface area contributed by atoms with E-state index in [1.165, 1.54) is 19.3 Å². The monoisotopic (exact) mass is 220 g/mol. The summed E-state index contributed by atoms with van der Waals surface area (Å²) in [5, 5.41) is 3.38. The number of hydrogen-bond acceptors (Lipinski definition) is 4. The summed E-state index contributed by atoms with van der Waals surface area (Å²) in [4.78, 5) is 8.39. The van der Waals surface area contributed by atoms with Gasteiger partial charge >= 0.3 is 0 Å². The third-order valence-corrected chi connectivity index (χ3v) is 3.30. The summed E-state index contributed by atoms with van der Waals surface area (Å²) < 4.78 is 0. The minimum absolute atomic E-state index is 0.654. The van der Waals surface area contributed by atoms with Gasteiger partial charge in [0.1, 0.15) is 11.6 Å². The highest BCUT2D eigenvalue weighted by atomic mass is 14.9. The summed E-state index contributed by atoms with van der Waals surface area (Å²) in [5.41, 5.74) is 6.97. The molecule has 4 heteroatoms. The van der Waals surface area contributed by atoms with Crippen LogP contribution < -0.4 is 11.1 Å². The maximum atomic E-state index is 5.87. The summed E-state index contributed by atoms with van der Waals surface area (Å²) >= 11 is 0. The number of piperidine rings is 1. The average molecular weight is 220 g/mol. The van der Waals surface area contributed by atoms with E-state index in [-0.39, 0.29) is 0 Å². The molecule has 88 valence electrons. The molecular formula is C12H20N4. The lowest BCUT2D eigenvalue weighted by molar-refractivity contribution is 0.354. The molecule has 0 radical (unpaired) electrons. The quantitative estimate of drug-likeness (QED) is 0.806. The van der Waals surface area contributed by atoms with Gasteiger partial charge in [-0.25, -0.2) is 9.97 Å². The molecule has 16 heavy (non-hydrogen) atoms. The van der Waals surface area contributed by atoms with E-state index < -0.39 is 0 Å². The number of nitrogens with zero attached hydrogens (tertiary/aromatic N) is 2. The second-order valence-electron chi connectivity index (χ2n) is 4.56. The third-order valence-electron chi connectivity index (χ3n) is 3.30. The van der Waals surface area contributed by atoms with Crippen LogP contribution in [0.5, 0.6) is 0 Å². The van der Waals surface area contributed by atoms with Crippen molar-refractivity contribution >= 4 is 5.82 Å². The first-order valence-electron chi connectivity index (χ1n) is 6.04. The predicted molar refractivity (Wildman–Crippen MR) is 65.1 cm³/mol. The Morgan fingerprint density at radius 3 is 2.88 bits per heavy atom. The van der Waals surface area contributed by atoms with Gasteiger partial charge in [0.05, 0.1) is 0 Å². The van der Waals surface area contributed by atoms with Gasteiger partial charge in [-0.05, 0) is 51.6 Å². The maximum Gasteiger partial charge on any atom is 0.130 e. The highest BCUT2D eigenvalue weighted by Crippen LogP contribution is 2.20. The molecule has 0 aliphatic carbocycles. The van der Waals surface area contributed by atoms with Gasteiger partial charge in [-0.1, -0.05) is 0 Å². The van der Waals surface area contributed by atoms with Crippen molar-refractivity contribution in [1.29, 1.82) is 0 Å². The number of rotatable bonds is 3. The number of aromatic nitrogens is 2. The van der Waals surface area contributed by atoms with E-state index in [1.807, 2.05) is 13.1 Å². The summed E-state index contributed by atoms with van der Waals surface area (Å²) in [7, 11) is 0. The van der Waals surface area contributed by atoms with Crippen molar-refractivity contribution in [1.82, 2.24) is 15.3 Å². The first-order valence-corrected chi connectivity index (χ1v) is 6.04. The first-order chi connectivity index (χ1) is 7.75. The van der Waals surface area contributed by atoms with Crippen LogP contribution in [0.15, 0.2) is 6.20 Å². The number of aryl methyl sites for hydroxylation is 2. The van der Waals surface area contributed by atoms with Crippen LogP contribution >= 0.6 is 0 Å². The molecule has 1 fully saturated rings. The SMILES string of the molecule is Cc1ncc(CCC2CCNCC2)c(N)n1. The second kappa shape index (κ2) is 5.25. The molecule has 0 amide bonds. The van der Waals surface area contributed by atoms with Gasteiger partial charge in [0.25, 0.3) is 0 Å². The van der Waals surface area contributed by atoms with E-state index >= 15 is 0 Å². The molecule has 3 N–H and O–H groups in total. The number of hydrogen-bond donors (Lipinski definition) is 2. The molecule has 0 atom stereocenters. The van der Waals surface area contributed by atoms with Crippen molar-refractivity contribution < 1.29 is 0 Å². The standard InChI is InChI=1S/C12H20N4/c1-9-15-8-11(12(13)16-9)3-2-10-4-6-14-7-5-10/h8,10,14H,2-7H2,1H3,(H2,13,15,16). The molecular weight excluding hydrogens is 200 g/mol. The Kier molecular flexibility index (Phi) is 3.72. The van der Waals surface area contributed by atoms with Crippen molar-refractivity contribution in [2.24, 2.45) is 5.92 Å². The van der Waals surface area contributed by atoms with E-state index in [1.54, 1.807) is 0 Å². The molecule has 4 nitrogen and oxygen atoms in total. The second-order valence-corrected chi connectivity index (χ2v) is 4.56. The zero-order chi connectivity index (χ0) is 11.4. The summed E-state index contributed by atoms with van der Waals surface area (Å²) in [6.45, 7) is 4.18. The minimum Gasteiger partial charge on any atom is -0.383 e. The normalized spacial score (nSPS) is 17.6. The molecule has 0 saturated carbocycles. The van der Waals surface area contributed by atoms with E-state index in [9.17, 15) is 0 Å². The summed E-state index contributed by atoms with van der Waals surface area (Å²) in [5.74, 6) is 2.24. The Morgan fingerprint density at radius 1 is 1.44 bits per heavy atom. The van der Waals surface area contributed by atoms with Crippen LogP contribution in [0.2, 0.25) is 0 Å². The molecule has 2 heterocycles. The van der Waals surface area contributed by atoms with Gasteiger partial charge < -0.3 is 11.1 Å². The lowest BCUT2D eigenvalue weighted by atomic mass is 9.92. The Balaban J connectivity index is 1.88. The first kappa shape index (κ1) is 11.3. The lowest BCUT2D eigenvalue weighted by Crippen LogP contribution is -2.28. The van der Waals surface area contributed by atoms with Crippen LogP contribution in [0.3, 0.4) is 0 Å². The van der Waals surface area contributed by atoms with Gasteiger partial charge in [-0.3, -0.25) is 0 Å². The highest BCUT2D eigenvalue weighted by Gasteiger charge is 2.13. The predicted octanol–water partition coefficient (Wildman–Crippen LogP) is 1.30. The van der Waals surface area contributed by atoms with Crippen molar-refractivity contribution in [3.05, 3.63) is 17.6 Å². The van der Waals surface area contributed by atoms with Crippen LogP contribution in [-0.2, 0) is 6.42 Å². The molecule has 1 aliphatic heterocycles. The van der Waals surface area contributed by atoms with Crippen LogP contribution in [0.25, 0.3) is 0 Å². The molecule has 2 rings (SSSR count). The van der Waals surface area contributed by atoms with E-state index in [4.69, 9.17) is 5.73 Å². The third kappa shape index (κ3) is 2.92. The van der Waals surface area contributed by atoms with Gasteiger partial charge in [0.2, 0.25) is 0 Å². The zero-order valence-electron chi connectivity index (χ0n) is 9.87. The molecule has 0 aromatic carbocycles. The minimum atomic E-state index is 0.654. The van der Waals surface area contributed by atoms with E-state index in [0.717, 1.165) is 36.8 Å². The fourth-order valence-corrected chi connectivity index (χ4v) is 2.24. The number of nitrogens with one attached hydrogen (secondary N) is 1. The fraction of sp³-hybridized carbons (Fsp3) is 0.667. The molecule has 1 aromatic heterocycles. The molecule has 0 bridgehead atoms. The zero-order valence-corrected chi connectivity index (χ0v) is 9.87. The van der Waals surface area contributed by atoms with Crippen LogP contribution in [-0.4, -0.2) is 23.1 Å². The highest BCUT2D eigenvalue weighted by molar-refractivity contribution is 5.37. The molecule has 1 aromatic rings. The topological polar surface area (TPSA) is 63.8 Å². The van der Waals surface area contributed by atoms with Crippen molar-refractivity contribution in [2.45, 2.75) is 32.6 Å². The molecule has 0 spiro atoms. The Morgan fingerprint density at radius 2 is 2.19 bits per heavy atom. The van der Waals surface area contributed by atoms with Crippen LogP contribution in [0.1, 0.15) is 30.7 Å². The fourth-order valence-electron chi connectivity index (χ4n) is 2.24. The number of nitrogen functional groups attached to an aromatic ring is 1. The smallest absolute Gasteiger partial charge is 0.130 e. The van der Waals surface area contributed by atoms with Crippen molar-refractivity contribution in [3.8, 4) is 0 Å². The van der Waals surface area contributed by atoms with Gasteiger partial charge in [-0.15, -0.1) is 0 Å². The van der Waals surface area contributed by atoms with Gasteiger partial charge in [0, 0.05) is 11.8 Å². The summed E-state index contributed by atoms with van der Waals surface area (Å²) in [6, 6.07) is 0. The number of anilines is 1. The van der Waals surface area contributed by atoms with Crippen molar-refractivity contribution in [3.63, 3.8) is 0 Å². The Bertz CT molecular complexity index is 345. The molecule has 1 aliphatic rings. The Hall–Kier alpha value is -1.16. The lowest BCUT2D eigenvalue weighted by Gasteiger charge is -2.22. The van der Waals surface area contributed by atoms with E-state index in [0.29, 0.717) is 5.82 Å². The van der Waals surface area contributed by atoms with E-state index in [2.05, 4.69) is 15.3 Å². The number of nitrogens with two attached hydrogens (primary N) is 1. The van der Waals surface area contributed by atoms with Gasteiger partial charge in [0.15, 0.2) is 0 Å². The largest absolute Gasteiger partial charge is 0.383 e. The van der Waals surface area contributed by atoms with Gasteiger partial charge in [-0.2, -0.15) is 0 Å². The Labute approximate surface area is 96.7 Å². The average Bonchev–Trinajstić information content (AvgIpc) is 2.29. The maximum absolute atomic E-state index is 5.87.